The molecule has 1 aromatic heterocycles. The highest BCUT2D eigenvalue weighted by Gasteiger charge is 2.45. The fourth-order valence-corrected chi connectivity index (χ4v) is 12.7. The van der Waals surface area contributed by atoms with Gasteiger partial charge in [0.15, 0.2) is 11.7 Å². The Morgan fingerprint density at radius 2 is 1.37 bits per heavy atom. The molecule has 3 saturated heterocycles. The third-order valence-electron chi connectivity index (χ3n) is 14.8. The van der Waals surface area contributed by atoms with Crippen molar-refractivity contribution in [2.24, 2.45) is 21.5 Å². The van der Waals surface area contributed by atoms with Crippen LogP contribution in [0.5, 0.6) is 0 Å². The standard InChI is InChI=1S/C56H74N14O11S2/c1-32(72)44(30-71)67-53(79)46-18-10-23-69(46)55(81)47-19-11-24-70(47)54(80)45-31-83-82-25-20-40(62-33(2)73)49(75)66-43(28-36-14-8-21-59-36)52(78)64-41(26-34-12-4-3-5-13-34)50(76)63-39(17-9-22-60-56(57)58)48(74)65-42(51(77)68-45)27-35-29-61-38-16-7-6-15-37(35)38/h3-7,12-16,21,29,39-47,61,71H,8-11,17-20,22-28,30-31H2,1-2H3,(H,62,73)(H,63,76)(H,64,78)(H,65,74)(H,66,75)(H,67,79)(H,68,77)(H4,57,58,60)/t39-,40-,41+,42-,43-,44-,45-,46-,47-/m0/s1. The maximum Gasteiger partial charge on any atom is 0.246 e. The molecule has 27 heteroatoms. The van der Waals surface area contributed by atoms with Crippen molar-refractivity contribution < 1.29 is 53.1 Å². The second-order valence-corrected chi connectivity index (χ2v) is 23.5. The molecule has 4 aliphatic heterocycles. The fourth-order valence-electron chi connectivity index (χ4n) is 10.4. The van der Waals surface area contributed by atoms with Crippen LogP contribution < -0.4 is 48.7 Å². The van der Waals surface area contributed by atoms with E-state index in [1.807, 2.05) is 24.3 Å². The number of H-pyrrole nitrogens is 1. The van der Waals surface area contributed by atoms with Crippen LogP contribution in [-0.2, 0) is 60.8 Å². The number of ketones is 1. The van der Waals surface area contributed by atoms with Gasteiger partial charge in [0.1, 0.15) is 54.4 Å². The summed E-state index contributed by atoms with van der Waals surface area (Å²) in [6, 6.07) is 5.10. The number of rotatable bonds is 17. The first kappa shape index (κ1) is 62.8. The van der Waals surface area contributed by atoms with Gasteiger partial charge in [-0.1, -0.05) is 76.2 Å². The zero-order valence-electron chi connectivity index (χ0n) is 46.4. The summed E-state index contributed by atoms with van der Waals surface area (Å²) in [6.45, 7) is 2.23. The van der Waals surface area contributed by atoms with Gasteiger partial charge in [0.05, 0.1) is 6.61 Å². The summed E-state index contributed by atoms with van der Waals surface area (Å²) in [5.74, 6) is -6.61. The van der Waals surface area contributed by atoms with E-state index in [1.54, 1.807) is 48.8 Å². The molecule has 0 radical (unpaired) electrons. The average molecular weight is 1180 g/mol. The Hall–Kier alpha value is -7.78. The molecule has 0 saturated carbocycles. The number of hydrogen-bond donors (Lipinski definition) is 11. The lowest BCUT2D eigenvalue weighted by Gasteiger charge is -2.33. The summed E-state index contributed by atoms with van der Waals surface area (Å²) in [7, 11) is 2.42. The Kier molecular flexibility index (Phi) is 23.1. The molecule has 7 rings (SSSR count). The van der Waals surface area contributed by atoms with Crippen LogP contribution in [0.15, 0.2) is 82.6 Å². The fraction of sp³-hybridized carbons (Fsp3) is 0.500. The van der Waals surface area contributed by atoms with Crippen LogP contribution in [0.2, 0.25) is 0 Å². The number of carbonyl (C=O) groups is 10. The number of nitrogens with one attached hydrogen (secondary N) is 8. The molecular formula is C56H74N14O11S2. The van der Waals surface area contributed by atoms with E-state index >= 15 is 9.59 Å². The number of hydrogen-bond acceptors (Lipinski definition) is 15. The molecular weight excluding hydrogens is 1110 g/mol. The van der Waals surface area contributed by atoms with Crippen LogP contribution in [0.1, 0.15) is 82.8 Å². The molecule has 4 aliphatic rings. The third kappa shape index (κ3) is 17.6. The summed E-state index contributed by atoms with van der Waals surface area (Å²) < 4.78 is 0. The van der Waals surface area contributed by atoms with Crippen LogP contribution in [-0.4, -0.2) is 183 Å². The molecule has 83 heavy (non-hydrogen) atoms. The van der Waals surface area contributed by atoms with Crippen LogP contribution in [0.3, 0.4) is 0 Å². The largest absolute Gasteiger partial charge is 0.394 e. The van der Waals surface area contributed by atoms with E-state index < -0.39 is 120 Å². The van der Waals surface area contributed by atoms with Crippen molar-refractivity contribution in [2.75, 3.05) is 37.7 Å². The molecule has 13 N–H and O–H groups in total. The SMILES string of the molecule is CC(=O)N[C@H]1CCSSC[C@@H](C(=O)N2CCC[C@H]2C(=O)N2CCC[C@H]2C(=O)N[C@@H](CO)C(C)=O)NC(=O)[C@H](Cc2c[nH]c3ccccc23)NC(=O)[C@H](CCCN=C(N)N)NC(=O)[C@@H](Cc2ccccc2)NC(=O)[C@H](CC2=CCC=N2)NC1=O. The number of aliphatic hydroxyl groups is 1. The number of carbonyl (C=O) groups excluding carboxylic acids is 10. The predicted molar refractivity (Wildman–Crippen MR) is 314 cm³/mol. The number of allylic oxidation sites excluding steroid dienone is 1. The number of nitrogens with two attached hydrogens (primary N) is 2. The first-order valence-electron chi connectivity index (χ1n) is 27.8. The van der Waals surface area contributed by atoms with Gasteiger partial charge < -0.3 is 68.6 Å². The average Bonchev–Trinajstić information content (AvgIpc) is 4.39. The van der Waals surface area contributed by atoms with Crippen LogP contribution in [0.4, 0.5) is 0 Å². The maximum absolute atomic E-state index is 15.1. The first-order valence-corrected chi connectivity index (χ1v) is 30.3. The van der Waals surface area contributed by atoms with Crippen molar-refractivity contribution in [3.63, 3.8) is 0 Å². The molecule has 5 heterocycles. The zero-order chi connectivity index (χ0) is 59.6. The first-order chi connectivity index (χ1) is 39.9. The highest BCUT2D eigenvalue weighted by molar-refractivity contribution is 8.76. The van der Waals surface area contributed by atoms with E-state index in [1.165, 1.54) is 45.2 Å². The van der Waals surface area contributed by atoms with E-state index in [-0.39, 0.29) is 88.5 Å². The lowest BCUT2D eigenvalue weighted by atomic mass is 10.0. The van der Waals surface area contributed by atoms with E-state index in [0.717, 1.165) is 10.9 Å². The van der Waals surface area contributed by atoms with Crippen molar-refractivity contribution in [3.05, 3.63) is 83.7 Å². The van der Waals surface area contributed by atoms with Crippen molar-refractivity contribution in [1.29, 1.82) is 0 Å². The Morgan fingerprint density at radius 1 is 0.747 bits per heavy atom. The summed E-state index contributed by atoms with van der Waals surface area (Å²) in [6.07, 6.45) is 6.96. The monoisotopic (exact) mass is 1180 g/mol. The number of Topliss-reactive ketones (excluding diaryl/α,β-unsaturated/α-hetero) is 1. The highest BCUT2D eigenvalue weighted by Crippen LogP contribution is 2.29. The Morgan fingerprint density at radius 3 is 2.05 bits per heavy atom. The molecule has 2 aromatic carbocycles. The number of aliphatic hydroxyl groups excluding tert-OH is 1. The number of fused-ring (bicyclic) bond motifs is 1. The van der Waals surface area contributed by atoms with Crippen molar-refractivity contribution in [2.45, 2.75) is 139 Å². The second kappa shape index (κ2) is 30.5. The van der Waals surface area contributed by atoms with Crippen LogP contribution in [0.25, 0.3) is 10.9 Å². The topological polar surface area (TPSA) is 374 Å². The minimum absolute atomic E-state index is 0.0460. The summed E-state index contributed by atoms with van der Waals surface area (Å²) in [4.78, 5) is 156. The minimum atomic E-state index is -1.40. The maximum atomic E-state index is 15.1. The number of aliphatic imine (C=N–C) groups is 2. The molecule has 3 aromatic rings. The van der Waals surface area contributed by atoms with Gasteiger partial charge in [0.25, 0.3) is 0 Å². The number of benzene rings is 2. The summed E-state index contributed by atoms with van der Waals surface area (Å²) >= 11 is 0. The number of aromatic amines is 1. The van der Waals surface area contributed by atoms with E-state index in [2.05, 4.69) is 52.2 Å². The lowest BCUT2D eigenvalue weighted by Crippen LogP contribution is -2.61. The Labute approximate surface area is 488 Å². The number of likely N-dealkylation sites (tertiary alicyclic amines) is 2. The molecule has 9 amide bonds. The van der Waals surface area contributed by atoms with Crippen molar-refractivity contribution in [3.8, 4) is 0 Å². The molecule has 446 valence electrons. The summed E-state index contributed by atoms with van der Waals surface area (Å²) in [5, 5.41) is 29.9. The number of guanidine groups is 1. The quantitative estimate of drug-likeness (QED) is 0.0352. The van der Waals surface area contributed by atoms with Crippen molar-refractivity contribution in [1.82, 2.24) is 52.0 Å². The minimum Gasteiger partial charge on any atom is -0.394 e. The molecule has 3 fully saturated rings. The van der Waals surface area contributed by atoms with Gasteiger partial charge in [-0.05, 0) is 69.1 Å². The normalized spacial score (nSPS) is 24.5. The molecule has 0 aliphatic carbocycles. The van der Waals surface area contributed by atoms with Crippen LogP contribution in [0, 0.1) is 0 Å². The van der Waals surface area contributed by atoms with E-state index in [9.17, 15) is 43.5 Å². The van der Waals surface area contributed by atoms with E-state index in [4.69, 9.17) is 11.5 Å². The van der Waals surface area contributed by atoms with Gasteiger partial charge in [0, 0.05) is 92.8 Å². The highest BCUT2D eigenvalue weighted by atomic mass is 33.1. The lowest BCUT2D eigenvalue weighted by molar-refractivity contribution is -0.148. The predicted octanol–water partition coefficient (Wildman–Crippen LogP) is -0.483. The smallest absolute Gasteiger partial charge is 0.246 e. The summed E-state index contributed by atoms with van der Waals surface area (Å²) in [5.41, 5.74) is 13.8. The number of amides is 9. The van der Waals surface area contributed by atoms with Gasteiger partial charge in [-0.25, -0.2) is 0 Å². The van der Waals surface area contributed by atoms with Gasteiger partial charge >= 0.3 is 0 Å². The number of nitrogens with zero attached hydrogens (tertiary/aromatic N) is 4. The number of para-hydroxylation sites is 1. The van der Waals surface area contributed by atoms with Gasteiger partial charge in [-0.3, -0.25) is 57.9 Å². The Bertz CT molecular complexity index is 2950. The third-order valence-corrected chi connectivity index (χ3v) is 17.2. The molecule has 25 nitrogen and oxygen atoms in total. The molecule has 0 spiro atoms. The second-order valence-electron chi connectivity index (χ2n) is 20.8. The van der Waals surface area contributed by atoms with E-state index in [0.29, 0.717) is 36.1 Å². The zero-order valence-corrected chi connectivity index (χ0v) is 48.1. The number of aromatic nitrogens is 1. The van der Waals surface area contributed by atoms with Gasteiger partial charge in [-0.15, -0.1) is 0 Å². The molecule has 0 bridgehead atoms. The van der Waals surface area contributed by atoms with Gasteiger partial charge in [-0.2, -0.15) is 0 Å². The molecule has 9 atom stereocenters. The molecule has 0 unspecified atom stereocenters. The van der Waals surface area contributed by atoms with Crippen molar-refractivity contribution >= 4 is 104 Å². The van der Waals surface area contributed by atoms with Crippen LogP contribution >= 0.6 is 21.6 Å². The Balaban J connectivity index is 1.25. The van der Waals surface area contributed by atoms with Gasteiger partial charge in [0.2, 0.25) is 53.2 Å².